The number of hydrogen-bond donors (Lipinski definition) is 1. The van der Waals surface area contributed by atoms with Crippen LogP contribution in [0.25, 0.3) is 0 Å². The fourth-order valence-electron chi connectivity index (χ4n) is 2.96. The minimum atomic E-state index is -0.157. The molecule has 0 aliphatic rings. The van der Waals surface area contributed by atoms with Crippen molar-refractivity contribution in [2.75, 3.05) is 20.8 Å². The lowest BCUT2D eigenvalue weighted by Crippen LogP contribution is -2.32. The predicted molar refractivity (Wildman–Crippen MR) is 107 cm³/mol. The first kappa shape index (κ1) is 20.6. The van der Waals surface area contributed by atoms with E-state index in [4.69, 9.17) is 14.2 Å². The van der Waals surface area contributed by atoms with Gasteiger partial charge in [0.2, 0.25) is 0 Å². The number of para-hydroxylation sites is 1. The number of carbonyl (C=O) groups is 1. The summed E-state index contributed by atoms with van der Waals surface area (Å²) in [6, 6.07) is 13.4. The summed E-state index contributed by atoms with van der Waals surface area (Å²) in [5.74, 6) is 2.23. The van der Waals surface area contributed by atoms with E-state index in [0.717, 1.165) is 23.3 Å². The minimum absolute atomic E-state index is 0.0203. The molecule has 27 heavy (non-hydrogen) atoms. The lowest BCUT2D eigenvalue weighted by Gasteiger charge is -2.20. The number of nitrogens with one attached hydrogen (secondary N) is 1. The van der Waals surface area contributed by atoms with Crippen molar-refractivity contribution in [2.45, 2.75) is 39.2 Å². The molecule has 146 valence electrons. The van der Waals surface area contributed by atoms with Gasteiger partial charge in [-0.05, 0) is 41.7 Å². The molecule has 2 rings (SSSR count). The predicted octanol–water partition coefficient (Wildman–Crippen LogP) is 4.47. The van der Waals surface area contributed by atoms with Gasteiger partial charge in [0, 0.05) is 0 Å². The number of benzene rings is 2. The summed E-state index contributed by atoms with van der Waals surface area (Å²) in [6.45, 7) is 6.21. The van der Waals surface area contributed by atoms with E-state index in [1.165, 1.54) is 0 Å². The van der Waals surface area contributed by atoms with E-state index in [9.17, 15) is 4.79 Å². The van der Waals surface area contributed by atoms with Gasteiger partial charge >= 0.3 is 0 Å². The van der Waals surface area contributed by atoms with Crippen LogP contribution in [0, 0.1) is 0 Å². The van der Waals surface area contributed by atoms with E-state index in [1.54, 1.807) is 14.2 Å². The highest BCUT2D eigenvalue weighted by atomic mass is 16.5. The van der Waals surface area contributed by atoms with Gasteiger partial charge in [-0.3, -0.25) is 4.79 Å². The van der Waals surface area contributed by atoms with Gasteiger partial charge in [0.05, 0.1) is 20.3 Å². The molecule has 0 fully saturated rings. The smallest absolute Gasteiger partial charge is 0.258 e. The Labute approximate surface area is 161 Å². The summed E-state index contributed by atoms with van der Waals surface area (Å²) in [6.07, 6.45) is 0.754. The number of ether oxygens (including phenoxy) is 3. The van der Waals surface area contributed by atoms with E-state index in [2.05, 4.69) is 19.2 Å². The fourth-order valence-corrected chi connectivity index (χ4v) is 2.96. The van der Waals surface area contributed by atoms with Crippen molar-refractivity contribution in [2.24, 2.45) is 0 Å². The number of hydrogen-bond acceptors (Lipinski definition) is 4. The maximum Gasteiger partial charge on any atom is 0.258 e. The van der Waals surface area contributed by atoms with E-state index in [-0.39, 0.29) is 18.6 Å². The van der Waals surface area contributed by atoms with Crippen LogP contribution in [0.1, 0.15) is 50.3 Å². The van der Waals surface area contributed by atoms with Crippen LogP contribution in [0.15, 0.2) is 42.5 Å². The van der Waals surface area contributed by atoms with Crippen LogP contribution in [0.3, 0.4) is 0 Å². The SMILES string of the molecule is CCC(NC(=O)COc1ccccc1C(C)C)c1ccc(OC)c(OC)c1. The van der Waals surface area contributed by atoms with Crippen molar-refractivity contribution in [1.82, 2.24) is 5.32 Å². The minimum Gasteiger partial charge on any atom is -0.493 e. The summed E-state index contributed by atoms with van der Waals surface area (Å²) in [7, 11) is 3.20. The van der Waals surface area contributed by atoms with Crippen molar-refractivity contribution in [3.63, 3.8) is 0 Å². The Hall–Kier alpha value is -2.69. The Bertz CT molecular complexity index is 758. The molecule has 1 unspecified atom stereocenters. The Morgan fingerprint density at radius 1 is 1.00 bits per heavy atom. The highest BCUT2D eigenvalue weighted by Crippen LogP contribution is 2.31. The van der Waals surface area contributed by atoms with Crippen molar-refractivity contribution >= 4 is 5.91 Å². The van der Waals surface area contributed by atoms with E-state index in [0.29, 0.717) is 17.4 Å². The molecule has 0 aliphatic heterocycles. The maximum atomic E-state index is 12.4. The van der Waals surface area contributed by atoms with Gasteiger partial charge in [0.15, 0.2) is 18.1 Å². The van der Waals surface area contributed by atoms with Gasteiger partial charge in [-0.2, -0.15) is 0 Å². The molecule has 0 heterocycles. The lowest BCUT2D eigenvalue weighted by molar-refractivity contribution is -0.123. The van der Waals surface area contributed by atoms with Gasteiger partial charge < -0.3 is 19.5 Å². The zero-order valence-corrected chi connectivity index (χ0v) is 16.7. The Morgan fingerprint density at radius 2 is 1.70 bits per heavy atom. The summed E-state index contributed by atoms with van der Waals surface area (Å²) >= 11 is 0. The second-order valence-corrected chi connectivity index (χ2v) is 6.62. The van der Waals surface area contributed by atoms with Gasteiger partial charge in [0.1, 0.15) is 5.75 Å². The molecule has 2 aromatic carbocycles. The molecule has 1 amide bonds. The van der Waals surface area contributed by atoms with Crippen LogP contribution < -0.4 is 19.5 Å². The van der Waals surface area contributed by atoms with Crippen LogP contribution in [-0.4, -0.2) is 26.7 Å². The molecule has 0 saturated heterocycles. The van der Waals surface area contributed by atoms with Gasteiger partial charge in [-0.1, -0.05) is 45.0 Å². The molecule has 1 atom stereocenters. The molecule has 0 spiro atoms. The number of methoxy groups -OCH3 is 2. The molecule has 1 N–H and O–H groups in total. The van der Waals surface area contributed by atoms with Crippen LogP contribution >= 0.6 is 0 Å². The normalized spacial score (nSPS) is 11.8. The van der Waals surface area contributed by atoms with Crippen molar-refractivity contribution in [3.05, 3.63) is 53.6 Å². The van der Waals surface area contributed by atoms with Crippen LogP contribution in [0.2, 0.25) is 0 Å². The van der Waals surface area contributed by atoms with Crippen molar-refractivity contribution in [3.8, 4) is 17.2 Å². The third-order valence-electron chi connectivity index (χ3n) is 4.45. The van der Waals surface area contributed by atoms with Crippen LogP contribution in [0.5, 0.6) is 17.2 Å². The van der Waals surface area contributed by atoms with Crippen molar-refractivity contribution in [1.29, 1.82) is 0 Å². The van der Waals surface area contributed by atoms with Crippen LogP contribution in [-0.2, 0) is 4.79 Å². The Kier molecular flexibility index (Phi) is 7.53. The highest BCUT2D eigenvalue weighted by Gasteiger charge is 2.16. The second-order valence-electron chi connectivity index (χ2n) is 6.62. The van der Waals surface area contributed by atoms with Gasteiger partial charge in [0.25, 0.3) is 5.91 Å². The second kappa shape index (κ2) is 9.86. The third-order valence-corrected chi connectivity index (χ3v) is 4.45. The summed E-state index contributed by atoms with van der Waals surface area (Å²) in [5, 5.41) is 3.03. The largest absolute Gasteiger partial charge is 0.493 e. The topological polar surface area (TPSA) is 56.8 Å². The molecule has 5 heteroatoms. The molecular formula is C22H29NO4. The Balaban J connectivity index is 2.03. The quantitative estimate of drug-likeness (QED) is 0.706. The first-order valence-electron chi connectivity index (χ1n) is 9.23. The molecule has 0 radical (unpaired) electrons. The standard InChI is InChI=1S/C22H29NO4/c1-6-18(16-11-12-20(25-4)21(13-16)26-5)23-22(24)14-27-19-10-8-7-9-17(19)15(2)3/h7-13,15,18H,6,14H2,1-5H3,(H,23,24). The average molecular weight is 371 g/mol. The lowest BCUT2D eigenvalue weighted by atomic mass is 10.0. The van der Waals surface area contributed by atoms with Crippen LogP contribution in [0.4, 0.5) is 0 Å². The fraction of sp³-hybridized carbons (Fsp3) is 0.409. The Morgan fingerprint density at radius 3 is 2.33 bits per heavy atom. The van der Waals surface area contributed by atoms with Crippen molar-refractivity contribution < 1.29 is 19.0 Å². The number of rotatable bonds is 9. The van der Waals surface area contributed by atoms with E-state index in [1.807, 2.05) is 49.4 Å². The number of amides is 1. The summed E-state index contributed by atoms with van der Waals surface area (Å²) < 4.78 is 16.4. The van der Waals surface area contributed by atoms with E-state index >= 15 is 0 Å². The van der Waals surface area contributed by atoms with Gasteiger partial charge in [-0.15, -0.1) is 0 Å². The van der Waals surface area contributed by atoms with Gasteiger partial charge in [-0.25, -0.2) is 0 Å². The molecule has 0 bridgehead atoms. The zero-order chi connectivity index (χ0) is 19.8. The monoisotopic (exact) mass is 371 g/mol. The first-order chi connectivity index (χ1) is 13.0. The molecule has 0 saturated carbocycles. The number of carbonyl (C=O) groups excluding carboxylic acids is 1. The zero-order valence-electron chi connectivity index (χ0n) is 16.7. The molecule has 5 nitrogen and oxygen atoms in total. The summed E-state index contributed by atoms with van der Waals surface area (Å²) in [5.41, 5.74) is 2.06. The molecule has 0 aromatic heterocycles. The first-order valence-corrected chi connectivity index (χ1v) is 9.23. The third kappa shape index (κ3) is 5.39. The molecule has 0 aliphatic carbocycles. The van der Waals surface area contributed by atoms with E-state index < -0.39 is 0 Å². The highest BCUT2D eigenvalue weighted by molar-refractivity contribution is 5.78. The average Bonchev–Trinajstić information content (AvgIpc) is 2.70. The summed E-state index contributed by atoms with van der Waals surface area (Å²) in [4.78, 5) is 12.4. The molecular weight excluding hydrogens is 342 g/mol. The maximum absolute atomic E-state index is 12.4. The molecule has 2 aromatic rings.